The van der Waals surface area contributed by atoms with Crippen molar-refractivity contribution in [2.24, 2.45) is 0 Å². The molecule has 0 radical (unpaired) electrons. The standard InChI is InChI=1S/C13H27N5/c1-16-5-11(6-16)14-3-4-15-12-7-18(8-12)13-9-17(2)10-13/h11-15H,3-10H2,1-2H3. The zero-order chi connectivity index (χ0) is 12.5. The molecule has 0 amide bonds. The second kappa shape index (κ2) is 5.43. The Hall–Kier alpha value is -0.200. The first kappa shape index (κ1) is 12.8. The molecule has 3 aliphatic heterocycles. The van der Waals surface area contributed by atoms with E-state index in [1.165, 1.54) is 39.3 Å². The van der Waals surface area contributed by atoms with Crippen LogP contribution in [0.15, 0.2) is 0 Å². The van der Waals surface area contributed by atoms with Gasteiger partial charge in [0.2, 0.25) is 0 Å². The van der Waals surface area contributed by atoms with Crippen molar-refractivity contribution in [3.05, 3.63) is 0 Å². The van der Waals surface area contributed by atoms with Gasteiger partial charge in [0.15, 0.2) is 0 Å². The van der Waals surface area contributed by atoms with Gasteiger partial charge in [0, 0.05) is 70.5 Å². The largest absolute Gasteiger partial charge is 0.310 e. The molecule has 3 saturated heterocycles. The van der Waals surface area contributed by atoms with Crippen molar-refractivity contribution in [2.75, 3.05) is 66.5 Å². The maximum atomic E-state index is 3.65. The Morgan fingerprint density at radius 2 is 1.28 bits per heavy atom. The zero-order valence-electron chi connectivity index (χ0n) is 11.7. The van der Waals surface area contributed by atoms with Crippen molar-refractivity contribution >= 4 is 0 Å². The number of hydrogen-bond acceptors (Lipinski definition) is 5. The van der Waals surface area contributed by atoms with Gasteiger partial charge in [-0.25, -0.2) is 0 Å². The van der Waals surface area contributed by atoms with E-state index in [0.29, 0.717) is 0 Å². The van der Waals surface area contributed by atoms with Gasteiger partial charge >= 0.3 is 0 Å². The summed E-state index contributed by atoms with van der Waals surface area (Å²) in [5.74, 6) is 0. The minimum Gasteiger partial charge on any atom is -0.310 e. The Labute approximate surface area is 110 Å². The molecule has 3 fully saturated rings. The maximum absolute atomic E-state index is 3.65. The van der Waals surface area contributed by atoms with Gasteiger partial charge in [0.1, 0.15) is 0 Å². The fraction of sp³-hybridized carbons (Fsp3) is 1.00. The molecule has 0 saturated carbocycles. The second-order valence-electron chi connectivity index (χ2n) is 6.35. The van der Waals surface area contributed by atoms with E-state index in [-0.39, 0.29) is 0 Å². The van der Waals surface area contributed by atoms with E-state index >= 15 is 0 Å². The van der Waals surface area contributed by atoms with Crippen LogP contribution in [0.25, 0.3) is 0 Å². The molecule has 104 valence electrons. The number of nitrogens with one attached hydrogen (secondary N) is 2. The SMILES string of the molecule is CN1CC(NCCNC2CN(C3CN(C)C3)C2)C1. The summed E-state index contributed by atoms with van der Waals surface area (Å²) >= 11 is 0. The molecule has 0 aliphatic carbocycles. The van der Waals surface area contributed by atoms with Crippen LogP contribution in [-0.2, 0) is 0 Å². The Balaban J connectivity index is 1.18. The van der Waals surface area contributed by atoms with E-state index in [0.717, 1.165) is 31.2 Å². The number of hydrogen-bond donors (Lipinski definition) is 2. The van der Waals surface area contributed by atoms with Gasteiger partial charge in [-0.1, -0.05) is 0 Å². The van der Waals surface area contributed by atoms with Crippen LogP contribution in [-0.4, -0.2) is 99.3 Å². The number of likely N-dealkylation sites (tertiary alicyclic amines) is 3. The zero-order valence-corrected chi connectivity index (χ0v) is 11.7. The lowest BCUT2D eigenvalue weighted by molar-refractivity contribution is -0.00571. The van der Waals surface area contributed by atoms with Crippen molar-refractivity contribution in [3.8, 4) is 0 Å². The van der Waals surface area contributed by atoms with Crippen molar-refractivity contribution in [2.45, 2.75) is 18.1 Å². The van der Waals surface area contributed by atoms with Gasteiger partial charge in [0.05, 0.1) is 0 Å². The van der Waals surface area contributed by atoms with Crippen molar-refractivity contribution < 1.29 is 0 Å². The van der Waals surface area contributed by atoms with E-state index in [4.69, 9.17) is 0 Å². The van der Waals surface area contributed by atoms with Crippen LogP contribution < -0.4 is 10.6 Å². The van der Waals surface area contributed by atoms with Crippen LogP contribution in [0.4, 0.5) is 0 Å². The first-order chi connectivity index (χ1) is 8.70. The van der Waals surface area contributed by atoms with Gasteiger partial charge in [-0.05, 0) is 14.1 Å². The Morgan fingerprint density at radius 3 is 1.78 bits per heavy atom. The van der Waals surface area contributed by atoms with Crippen LogP contribution in [0.3, 0.4) is 0 Å². The topological polar surface area (TPSA) is 33.8 Å². The molecule has 0 unspecified atom stereocenters. The van der Waals surface area contributed by atoms with Crippen molar-refractivity contribution in [1.29, 1.82) is 0 Å². The van der Waals surface area contributed by atoms with Crippen LogP contribution in [0, 0.1) is 0 Å². The molecule has 0 bridgehead atoms. The molecule has 3 rings (SSSR count). The van der Waals surface area contributed by atoms with E-state index < -0.39 is 0 Å². The quantitative estimate of drug-likeness (QED) is 0.562. The molecule has 3 aliphatic rings. The van der Waals surface area contributed by atoms with Crippen LogP contribution >= 0.6 is 0 Å². The molecular weight excluding hydrogens is 226 g/mol. The van der Waals surface area contributed by atoms with Crippen LogP contribution in [0.1, 0.15) is 0 Å². The summed E-state index contributed by atoms with van der Waals surface area (Å²) in [5.41, 5.74) is 0. The van der Waals surface area contributed by atoms with Gasteiger partial charge in [-0.2, -0.15) is 0 Å². The van der Waals surface area contributed by atoms with Crippen molar-refractivity contribution in [3.63, 3.8) is 0 Å². The van der Waals surface area contributed by atoms with E-state index in [1.54, 1.807) is 0 Å². The Kier molecular flexibility index (Phi) is 3.86. The lowest BCUT2D eigenvalue weighted by Gasteiger charge is -2.51. The molecule has 3 heterocycles. The maximum Gasteiger partial charge on any atom is 0.0351 e. The molecule has 2 N–H and O–H groups in total. The third-order valence-corrected chi connectivity index (χ3v) is 4.53. The number of nitrogens with zero attached hydrogens (tertiary/aromatic N) is 3. The molecule has 0 aromatic heterocycles. The highest BCUT2D eigenvalue weighted by molar-refractivity contribution is 4.96. The summed E-state index contributed by atoms with van der Waals surface area (Å²) in [6, 6.07) is 2.32. The van der Waals surface area contributed by atoms with E-state index in [2.05, 4.69) is 39.4 Å². The van der Waals surface area contributed by atoms with Gasteiger partial charge in [-0.3, -0.25) is 4.90 Å². The summed E-state index contributed by atoms with van der Waals surface area (Å²) < 4.78 is 0. The molecule has 0 aromatic rings. The Bertz CT molecular complexity index is 267. The molecule has 5 heteroatoms. The van der Waals surface area contributed by atoms with E-state index in [1.807, 2.05) is 0 Å². The average molecular weight is 253 g/mol. The van der Waals surface area contributed by atoms with Gasteiger partial charge < -0.3 is 20.4 Å². The third kappa shape index (κ3) is 2.86. The van der Waals surface area contributed by atoms with Crippen molar-refractivity contribution in [1.82, 2.24) is 25.3 Å². The summed E-state index contributed by atoms with van der Waals surface area (Å²) in [6.45, 7) is 9.70. The summed E-state index contributed by atoms with van der Waals surface area (Å²) in [7, 11) is 4.38. The molecule has 18 heavy (non-hydrogen) atoms. The Morgan fingerprint density at radius 1 is 0.778 bits per heavy atom. The lowest BCUT2D eigenvalue weighted by Crippen LogP contribution is -2.68. The fourth-order valence-corrected chi connectivity index (χ4v) is 3.22. The molecule has 0 atom stereocenters. The minimum absolute atomic E-state index is 0.736. The van der Waals surface area contributed by atoms with E-state index in [9.17, 15) is 0 Å². The smallest absolute Gasteiger partial charge is 0.0351 e. The normalized spacial score (nSPS) is 29.0. The van der Waals surface area contributed by atoms with Crippen LogP contribution in [0.2, 0.25) is 0 Å². The summed E-state index contributed by atoms with van der Waals surface area (Å²) in [5, 5.41) is 7.24. The summed E-state index contributed by atoms with van der Waals surface area (Å²) in [4.78, 5) is 7.36. The number of likely N-dealkylation sites (N-methyl/N-ethyl adjacent to an activating group) is 2. The van der Waals surface area contributed by atoms with Crippen LogP contribution in [0.5, 0.6) is 0 Å². The highest BCUT2D eigenvalue weighted by Crippen LogP contribution is 2.19. The minimum atomic E-state index is 0.736. The molecular formula is C13H27N5. The number of rotatable bonds is 6. The monoisotopic (exact) mass is 253 g/mol. The molecule has 0 aromatic carbocycles. The second-order valence-corrected chi connectivity index (χ2v) is 6.35. The fourth-order valence-electron chi connectivity index (χ4n) is 3.22. The van der Waals surface area contributed by atoms with Gasteiger partial charge in [0.25, 0.3) is 0 Å². The first-order valence-electron chi connectivity index (χ1n) is 7.28. The first-order valence-corrected chi connectivity index (χ1v) is 7.28. The lowest BCUT2D eigenvalue weighted by atomic mass is 10.0. The average Bonchev–Trinajstić information content (AvgIpc) is 2.20. The van der Waals surface area contributed by atoms with Gasteiger partial charge in [-0.15, -0.1) is 0 Å². The molecule has 5 nitrogen and oxygen atoms in total. The highest BCUT2D eigenvalue weighted by atomic mass is 15.3. The highest BCUT2D eigenvalue weighted by Gasteiger charge is 2.36. The third-order valence-electron chi connectivity index (χ3n) is 4.53. The predicted molar refractivity (Wildman–Crippen MR) is 73.9 cm³/mol. The molecule has 0 spiro atoms. The predicted octanol–water partition coefficient (Wildman–Crippen LogP) is -1.52. The summed E-state index contributed by atoms with van der Waals surface area (Å²) in [6.07, 6.45) is 0.